The van der Waals surface area contributed by atoms with Crippen molar-refractivity contribution in [3.63, 3.8) is 0 Å². The molecule has 0 aromatic rings. The van der Waals surface area contributed by atoms with E-state index in [0.717, 1.165) is 38.5 Å². The number of carbonyl (C=O) groups is 2. The molecule has 0 aromatic carbocycles. The van der Waals surface area contributed by atoms with E-state index in [2.05, 4.69) is 13.8 Å². The molecule has 0 aliphatic rings. The second-order valence-corrected chi connectivity index (χ2v) is 22.9. The highest BCUT2D eigenvalue weighted by atomic mass is 31.2. The van der Waals surface area contributed by atoms with Crippen molar-refractivity contribution in [2.45, 2.75) is 309 Å². The first-order valence-electron chi connectivity index (χ1n) is 29.3. The van der Waals surface area contributed by atoms with Gasteiger partial charge in [0, 0.05) is 12.8 Å². The maximum atomic E-state index is 12.8. The number of hydrogen-bond donors (Lipinski definition) is 1. The number of nitrogens with zero attached hydrogens (tertiary/aromatic N) is 1. The van der Waals surface area contributed by atoms with Gasteiger partial charge in [-0.2, -0.15) is 0 Å². The maximum absolute atomic E-state index is 12.8. The second kappa shape index (κ2) is 50.0. The molecule has 0 saturated carbocycles. The van der Waals surface area contributed by atoms with E-state index in [-0.39, 0.29) is 25.6 Å². The van der Waals surface area contributed by atoms with Gasteiger partial charge in [0.25, 0.3) is 0 Å². The molecule has 2 atom stereocenters. The van der Waals surface area contributed by atoms with Crippen molar-refractivity contribution in [3.05, 3.63) is 0 Å². The minimum absolute atomic E-state index is 0.0374. The minimum Gasteiger partial charge on any atom is -0.462 e. The zero-order valence-electron chi connectivity index (χ0n) is 45.4. The van der Waals surface area contributed by atoms with Crippen LogP contribution >= 0.6 is 7.82 Å². The van der Waals surface area contributed by atoms with Gasteiger partial charge >= 0.3 is 19.8 Å². The van der Waals surface area contributed by atoms with Crippen LogP contribution in [0.25, 0.3) is 0 Å². The van der Waals surface area contributed by atoms with Crippen molar-refractivity contribution < 1.29 is 42.1 Å². The second-order valence-electron chi connectivity index (χ2n) is 21.4. The smallest absolute Gasteiger partial charge is 0.462 e. The van der Waals surface area contributed by atoms with Crippen LogP contribution in [-0.2, 0) is 32.7 Å². The largest absolute Gasteiger partial charge is 0.472 e. The Labute approximate surface area is 416 Å². The third-order valence-electron chi connectivity index (χ3n) is 13.4. The van der Waals surface area contributed by atoms with Crippen LogP contribution in [0.4, 0.5) is 0 Å². The van der Waals surface area contributed by atoms with Gasteiger partial charge in [0.1, 0.15) is 19.8 Å². The number of phosphoric ester groups is 1. The molecule has 0 fully saturated rings. The Bertz CT molecular complexity index is 1100. The summed E-state index contributed by atoms with van der Waals surface area (Å²) in [5, 5.41) is 0. The molecule has 0 aliphatic heterocycles. The monoisotopic (exact) mass is 973 g/mol. The summed E-state index contributed by atoms with van der Waals surface area (Å²) < 4.78 is 34.6. The molecule has 0 amide bonds. The van der Waals surface area contributed by atoms with Gasteiger partial charge in [-0.05, 0) is 12.8 Å². The predicted molar refractivity (Wildman–Crippen MR) is 285 cm³/mol. The Morgan fingerprint density at radius 2 is 0.672 bits per heavy atom. The molecule has 2 unspecified atom stereocenters. The Balaban J connectivity index is 4.10. The zero-order chi connectivity index (χ0) is 49.2. The van der Waals surface area contributed by atoms with Crippen LogP contribution in [-0.4, -0.2) is 74.9 Å². The van der Waals surface area contributed by atoms with Gasteiger partial charge in [-0.1, -0.05) is 277 Å². The quantitative estimate of drug-likeness (QED) is 0.0278. The first kappa shape index (κ1) is 66.0. The molecule has 0 rings (SSSR count). The number of ether oxygens (including phenoxy) is 2. The van der Waals surface area contributed by atoms with Gasteiger partial charge in [0.2, 0.25) is 0 Å². The number of hydrogen-bond acceptors (Lipinski definition) is 7. The predicted octanol–water partition coefficient (Wildman–Crippen LogP) is 17.9. The summed E-state index contributed by atoms with van der Waals surface area (Å²) in [5.74, 6) is -0.773. The molecule has 0 aromatic heterocycles. The molecule has 400 valence electrons. The zero-order valence-corrected chi connectivity index (χ0v) is 46.3. The summed E-state index contributed by atoms with van der Waals surface area (Å²) >= 11 is 0. The van der Waals surface area contributed by atoms with Crippen molar-refractivity contribution >= 4 is 19.8 Å². The number of esters is 2. The molecule has 0 saturated heterocycles. The third kappa shape index (κ3) is 54.2. The fourth-order valence-electron chi connectivity index (χ4n) is 8.84. The van der Waals surface area contributed by atoms with Crippen LogP contribution < -0.4 is 0 Å². The van der Waals surface area contributed by atoms with Crippen LogP contribution in [0.1, 0.15) is 303 Å². The lowest BCUT2D eigenvalue weighted by Gasteiger charge is -2.24. The molecule has 1 N–H and O–H groups in total. The number of quaternary nitrogens is 1. The lowest BCUT2D eigenvalue weighted by atomic mass is 10.0. The van der Waals surface area contributed by atoms with Gasteiger partial charge in [0.15, 0.2) is 6.10 Å². The van der Waals surface area contributed by atoms with E-state index in [1.54, 1.807) is 0 Å². The third-order valence-corrected chi connectivity index (χ3v) is 14.4. The number of rotatable bonds is 55. The average molecular weight is 974 g/mol. The first-order valence-corrected chi connectivity index (χ1v) is 30.8. The van der Waals surface area contributed by atoms with Gasteiger partial charge in [0.05, 0.1) is 27.7 Å². The van der Waals surface area contributed by atoms with Crippen molar-refractivity contribution in [2.24, 2.45) is 0 Å². The number of unbranched alkanes of at least 4 members (excludes halogenated alkanes) is 41. The molecule has 10 heteroatoms. The first-order chi connectivity index (χ1) is 32.5. The van der Waals surface area contributed by atoms with Gasteiger partial charge in [-0.15, -0.1) is 0 Å². The SMILES string of the molecule is CCCCCCCCCCCCCCCCCCCCCCCCCC(=O)OCC(COP(=O)(O)OCC[N+](C)(C)C)OC(=O)CCCCCCCCCCCCCCCCCCCCCC. The van der Waals surface area contributed by atoms with Crippen molar-refractivity contribution in [1.29, 1.82) is 0 Å². The highest BCUT2D eigenvalue weighted by molar-refractivity contribution is 7.47. The van der Waals surface area contributed by atoms with E-state index in [4.69, 9.17) is 18.5 Å². The molecule has 0 radical (unpaired) electrons. The fourth-order valence-corrected chi connectivity index (χ4v) is 9.58. The Kier molecular flexibility index (Phi) is 49.2. The van der Waals surface area contributed by atoms with E-state index >= 15 is 0 Å². The van der Waals surface area contributed by atoms with E-state index in [1.165, 1.54) is 238 Å². The highest BCUT2D eigenvalue weighted by Gasteiger charge is 2.27. The van der Waals surface area contributed by atoms with Crippen LogP contribution in [0.3, 0.4) is 0 Å². The van der Waals surface area contributed by atoms with Crippen molar-refractivity contribution in [2.75, 3.05) is 47.5 Å². The number of phosphoric acid groups is 1. The molecule has 0 spiro atoms. The number of carbonyl (C=O) groups excluding carboxylic acids is 2. The normalized spacial score (nSPS) is 13.2. The van der Waals surface area contributed by atoms with E-state index in [9.17, 15) is 19.0 Å². The van der Waals surface area contributed by atoms with Crippen molar-refractivity contribution in [1.82, 2.24) is 0 Å². The van der Waals surface area contributed by atoms with Gasteiger partial charge in [-0.3, -0.25) is 18.6 Å². The summed E-state index contributed by atoms with van der Waals surface area (Å²) in [6, 6.07) is 0. The van der Waals surface area contributed by atoms with E-state index in [0.29, 0.717) is 17.4 Å². The molecular weight excluding hydrogens is 858 g/mol. The van der Waals surface area contributed by atoms with Gasteiger partial charge in [-0.25, -0.2) is 4.57 Å². The molecule has 9 nitrogen and oxygen atoms in total. The molecule has 67 heavy (non-hydrogen) atoms. The van der Waals surface area contributed by atoms with E-state index < -0.39 is 26.5 Å². The standard InChI is InChI=1S/C57H114NO8P/c1-6-8-10-12-14-16-18-20-22-24-26-28-29-30-32-33-35-37-39-41-43-45-47-49-56(59)63-53-55(54-65-67(61,62)64-52-51-58(3,4)5)66-57(60)50-48-46-44-42-40-38-36-34-31-27-25-23-21-19-17-15-13-11-9-7-2/h55H,6-54H2,1-5H3/p+1. The van der Waals surface area contributed by atoms with Crippen LogP contribution in [0.2, 0.25) is 0 Å². The van der Waals surface area contributed by atoms with Gasteiger partial charge < -0.3 is 18.9 Å². The topological polar surface area (TPSA) is 108 Å². The summed E-state index contributed by atoms with van der Waals surface area (Å²) in [6.07, 6.45) is 56.0. The lowest BCUT2D eigenvalue weighted by molar-refractivity contribution is -0.870. The lowest BCUT2D eigenvalue weighted by Crippen LogP contribution is -2.37. The molecular formula is C57H115NO8P+. The summed E-state index contributed by atoms with van der Waals surface area (Å²) in [6.45, 7) is 4.51. The summed E-state index contributed by atoms with van der Waals surface area (Å²) in [4.78, 5) is 35.7. The summed E-state index contributed by atoms with van der Waals surface area (Å²) in [7, 11) is 1.50. The fraction of sp³-hybridized carbons (Fsp3) is 0.965. The van der Waals surface area contributed by atoms with Crippen LogP contribution in [0, 0.1) is 0 Å². The molecule has 0 bridgehead atoms. The molecule has 0 heterocycles. The molecule has 0 aliphatic carbocycles. The highest BCUT2D eigenvalue weighted by Crippen LogP contribution is 2.43. The van der Waals surface area contributed by atoms with Crippen LogP contribution in [0.5, 0.6) is 0 Å². The Morgan fingerprint density at radius 1 is 0.403 bits per heavy atom. The average Bonchev–Trinajstić information content (AvgIpc) is 3.29. The minimum atomic E-state index is -4.38. The van der Waals surface area contributed by atoms with E-state index in [1.807, 2.05) is 21.1 Å². The maximum Gasteiger partial charge on any atom is 0.472 e. The van der Waals surface area contributed by atoms with Crippen molar-refractivity contribution in [3.8, 4) is 0 Å². The Morgan fingerprint density at radius 3 is 0.955 bits per heavy atom. The Hall–Kier alpha value is -0.990. The summed E-state index contributed by atoms with van der Waals surface area (Å²) in [5.41, 5.74) is 0. The van der Waals surface area contributed by atoms with Crippen LogP contribution in [0.15, 0.2) is 0 Å². The number of likely N-dealkylation sites (N-methyl/N-ethyl adjacent to an activating group) is 1.